The fourth-order valence-electron chi connectivity index (χ4n) is 2.03. The Bertz CT molecular complexity index is 240. The Labute approximate surface area is 76.0 Å². The summed E-state index contributed by atoms with van der Waals surface area (Å²) in [6.07, 6.45) is 1.69. The third-order valence-corrected chi connectivity index (χ3v) is 2.68. The van der Waals surface area contributed by atoms with Gasteiger partial charge in [-0.25, -0.2) is 13.8 Å². The molecule has 4 heteroatoms. The molecule has 2 atom stereocenters. The Morgan fingerprint density at radius 2 is 2.23 bits per heavy atom. The van der Waals surface area contributed by atoms with E-state index in [-0.39, 0.29) is 12.5 Å². The van der Waals surface area contributed by atoms with Crippen LogP contribution in [0.15, 0.2) is 4.99 Å². The van der Waals surface area contributed by atoms with E-state index in [9.17, 15) is 8.78 Å². The van der Waals surface area contributed by atoms with E-state index in [4.69, 9.17) is 4.74 Å². The molecule has 13 heavy (non-hydrogen) atoms. The molecule has 0 aromatic rings. The van der Waals surface area contributed by atoms with Gasteiger partial charge in [-0.2, -0.15) is 0 Å². The SMILES string of the molecule is CC1=N[C@H]2[C@H](CCCCC2(F)F)O1. The van der Waals surface area contributed by atoms with Crippen LogP contribution >= 0.6 is 0 Å². The minimum atomic E-state index is -2.67. The zero-order valence-corrected chi connectivity index (χ0v) is 7.59. The Morgan fingerprint density at radius 1 is 1.46 bits per heavy atom. The summed E-state index contributed by atoms with van der Waals surface area (Å²) in [5.74, 6) is -2.25. The predicted molar refractivity (Wildman–Crippen MR) is 45.2 cm³/mol. The molecular formula is C9H13F2NO. The minimum Gasteiger partial charge on any atom is -0.475 e. The average Bonchev–Trinajstić information content (AvgIpc) is 2.36. The van der Waals surface area contributed by atoms with Crippen LogP contribution in [0.5, 0.6) is 0 Å². The fraction of sp³-hybridized carbons (Fsp3) is 0.889. The van der Waals surface area contributed by atoms with Gasteiger partial charge >= 0.3 is 0 Å². The van der Waals surface area contributed by atoms with E-state index in [1.807, 2.05) is 0 Å². The first-order valence-electron chi connectivity index (χ1n) is 4.68. The molecule has 2 nitrogen and oxygen atoms in total. The van der Waals surface area contributed by atoms with Crippen molar-refractivity contribution in [3.63, 3.8) is 0 Å². The van der Waals surface area contributed by atoms with E-state index in [0.29, 0.717) is 18.7 Å². The van der Waals surface area contributed by atoms with E-state index in [1.54, 1.807) is 6.92 Å². The summed E-state index contributed by atoms with van der Waals surface area (Å²) in [7, 11) is 0. The van der Waals surface area contributed by atoms with Crippen molar-refractivity contribution < 1.29 is 13.5 Å². The maximum Gasteiger partial charge on any atom is 0.273 e. The highest BCUT2D eigenvalue weighted by atomic mass is 19.3. The molecule has 1 aliphatic heterocycles. The molecule has 1 fully saturated rings. The summed E-state index contributed by atoms with van der Waals surface area (Å²) in [5, 5.41) is 0. The van der Waals surface area contributed by atoms with Crippen molar-refractivity contribution in [2.24, 2.45) is 4.99 Å². The molecule has 1 saturated carbocycles. The second-order valence-electron chi connectivity index (χ2n) is 3.76. The Hall–Kier alpha value is -0.670. The van der Waals surface area contributed by atoms with Gasteiger partial charge in [-0.15, -0.1) is 0 Å². The molecule has 0 bridgehead atoms. The molecule has 1 aliphatic carbocycles. The molecule has 74 valence electrons. The third kappa shape index (κ3) is 1.54. The lowest BCUT2D eigenvalue weighted by atomic mass is 10.0. The first-order chi connectivity index (χ1) is 6.09. The van der Waals surface area contributed by atoms with E-state index in [2.05, 4.69) is 4.99 Å². The lowest BCUT2D eigenvalue weighted by Crippen LogP contribution is -2.37. The van der Waals surface area contributed by atoms with Gasteiger partial charge in [0, 0.05) is 13.3 Å². The van der Waals surface area contributed by atoms with Crippen molar-refractivity contribution in [2.75, 3.05) is 0 Å². The first-order valence-corrected chi connectivity index (χ1v) is 4.68. The molecule has 0 saturated heterocycles. The summed E-state index contributed by atoms with van der Waals surface area (Å²) < 4.78 is 32.1. The maximum absolute atomic E-state index is 13.4. The molecule has 0 N–H and O–H groups in total. The van der Waals surface area contributed by atoms with Crippen molar-refractivity contribution in [1.29, 1.82) is 0 Å². The van der Waals surface area contributed by atoms with Crippen LogP contribution in [0, 0.1) is 0 Å². The number of aliphatic imine (C=N–C) groups is 1. The van der Waals surface area contributed by atoms with Crippen molar-refractivity contribution in [3.8, 4) is 0 Å². The fourth-order valence-corrected chi connectivity index (χ4v) is 2.03. The highest BCUT2D eigenvalue weighted by molar-refractivity contribution is 5.75. The summed E-state index contributed by atoms with van der Waals surface area (Å²) in [6.45, 7) is 1.64. The van der Waals surface area contributed by atoms with Gasteiger partial charge in [0.2, 0.25) is 0 Å². The largest absolute Gasteiger partial charge is 0.475 e. The van der Waals surface area contributed by atoms with Crippen LogP contribution in [0.4, 0.5) is 8.78 Å². The zero-order chi connectivity index (χ0) is 9.47. The molecule has 2 aliphatic rings. The van der Waals surface area contributed by atoms with Crippen LogP contribution in [0.3, 0.4) is 0 Å². The van der Waals surface area contributed by atoms with Crippen molar-refractivity contribution >= 4 is 5.90 Å². The summed E-state index contributed by atoms with van der Waals surface area (Å²) in [6, 6.07) is -0.921. The van der Waals surface area contributed by atoms with Crippen molar-refractivity contribution in [2.45, 2.75) is 50.7 Å². The number of fused-ring (bicyclic) bond motifs is 1. The molecule has 0 unspecified atom stereocenters. The number of rotatable bonds is 0. The van der Waals surface area contributed by atoms with Crippen LogP contribution < -0.4 is 0 Å². The third-order valence-electron chi connectivity index (χ3n) is 2.68. The van der Waals surface area contributed by atoms with Gasteiger partial charge in [0.05, 0.1) is 0 Å². The van der Waals surface area contributed by atoms with Crippen molar-refractivity contribution in [3.05, 3.63) is 0 Å². The number of alkyl halides is 2. The van der Waals surface area contributed by atoms with E-state index in [0.717, 1.165) is 6.42 Å². The number of ether oxygens (including phenoxy) is 1. The van der Waals surface area contributed by atoms with E-state index < -0.39 is 12.0 Å². The number of nitrogens with zero attached hydrogens (tertiary/aromatic N) is 1. The smallest absolute Gasteiger partial charge is 0.273 e. The van der Waals surface area contributed by atoms with Gasteiger partial charge in [0.15, 0.2) is 11.9 Å². The van der Waals surface area contributed by atoms with Gasteiger partial charge in [-0.1, -0.05) is 0 Å². The molecule has 1 heterocycles. The minimum absolute atomic E-state index is 0.0473. The van der Waals surface area contributed by atoms with E-state index in [1.165, 1.54) is 0 Å². The standard InChI is InChI=1S/C9H13F2NO/c1-6-12-8-7(13-6)4-2-3-5-9(8,10)11/h7-8H,2-5H2,1H3/t7-,8-/m0/s1. The molecule has 2 rings (SSSR count). The molecular weight excluding hydrogens is 176 g/mol. The van der Waals surface area contributed by atoms with Gasteiger partial charge in [-0.05, 0) is 19.3 Å². The number of hydrogen-bond donors (Lipinski definition) is 0. The Kier molecular flexibility index (Phi) is 2.00. The van der Waals surface area contributed by atoms with Crippen LogP contribution in [0.1, 0.15) is 32.6 Å². The normalized spacial score (nSPS) is 37.3. The van der Waals surface area contributed by atoms with Crippen LogP contribution in [-0.2, 0) is 4.74 Å². The first kappa shape index (κ1) is 8.91. The van der Waals surface area contributed by atoms with Crippen molar-refractivity contribution in [1.82, 2.24) is 0 Å². The highest BCUT2D eigenvalue weighted by Crippen LogP contribution is 2.38. The van der Waals surface area contributed by atoms with Gasteiger partial charge in [0.1, 0.15) is 6.10 Å². The molecule has 0 amide bonds. The number of hydrogen-bond acceptors (Lipinski definition) is 2. The maximum atomic E-state index is 13.4. The van der Waals surface area contributed by atoms with Crippen LogP contribution in [0.2, 0.25) is 0 Å². The van der Waals surface area contributed by atoms with Gasteiger partial charge in [-0.3, -0.25) is 0 Å². The predicted octanol–water partition coefficient (Wildman–Crippen LogP) is 2.38. The quantitative estimate of drug-likeness (QED) is 0.573. The molecule has 0 aromatic carbocycles. The Morgan fingerprint density at radius 3 is 3.00 bits per heavy atom. The second-order valence-corrected chi connectivity index (χ2v) is 3.76. The van der Waals surface area contributed by atoms with Gasteiger partial charge < -0.3 is 4.74 Å². The topological polar surface area (TPSA) is 21.6 Å². The van der Waals surface area contributed by atoms with Crippen LogP contribution in [-0.4, -0.2) is 24.0 Å². The summed E-state index contributed by atoms with van der Waals surface area (Å²) in [4.78, 5) is 3.87. The molecule has 0 radical (unpaired) electrons. The highest BCUT2D eigenvalue weighted by Gasteiger charge is 2.49. The lowest BCUT2D eigenvalue weighted by Gasteiger charge is -2.21. The van der Waals surface area contributed by atoms with Gasteiger partial charge in [0.25, 0.3) is 5.92 Å². The molecule has 0 spiro atoms. The summed E-state index contributed by atoms with van der Waals surface area (Å²) >= 11 is 0. The zero-order valence-electron chi connectivity index (χ0n) is 7.59. The van der Waals surface area contributed by atoms with E-state index >= 15 is 0 Å². The monoisotopic (exact) mass is 189 g/mol. The Balaban J connectivity index is 2.22. The molecule has 0 aromatic heterocycles. The average molecular weight is 189 g/mol. The van der Waals surface area contributed by atoms with Crippen LogP contribution in [0.25, 0.3) is 0 Å². The number of halogens is 2. The lowest BCUT2D eigenvalue weighted by molar-refractivity contribution is -0.0490. The summed E-state index contributed by atoms with van der Waals surface area (Å²) in [5.41, 5.74) is 0. The second kappa shape index (κ2) is 2.93.